The number of hydrogen-bond acceptors (Lipinski definition) is 12. The second kappa shape index (κ2) is 57.2. The summed E-state index contributed by atoms with van der Waals surface area (Å²) in [7, 11) is -15.1. The topological polar surface area (TPSA) is 265 Å². The molecule has 0 aliphatic heterocycles. The number of nitrogens with one attached hydrogen (secondary N) is 4. The van der Waals surface area contributed by atoms with Crippen LogP contribution in [0.1, 0.15) is 310 Å². The second-order valence-corrected chi connectivity index (χ2v) is 29.7. The molecule has 0 amide bonds. The number of aliphatic carboxylic acids is 2. The molecule has 0 fully saturated rings. The van der Waals surface area contributed by atoms with E-state index in [1.54, 1.807) is 0 Å². The number of hydrogen-bond donors (Lipinski definition) is 4. The van der Waals surface area contributed by atoms with Gasteiger partial charge in [-0.15, -0.1) is 0 Å². The Bertz CT molecular complexity index is 1710. The van der Waals surface area contributed by atoms with Crippen LogP contribution >= 0.6 is 0 Å². The first kappa shape index (κ1) is 83.4. The molecule has 0 saturated heterocycles. The average molecular weight is 1330 g/mol. The van der Waals surface area contributed by atoms with Crippen LogP contribution in [0.15, 0.2) is 0 Å². The van der Waals surface area contributed by atoms with Gasteiger partial charge in [-0.1, -0.05) is 285 Å². The van der Waals surface area contributed by atoms with Crippen LogP contribution in [0.5, 0.6) is 0 Å². The molecular weight excluding hydrogens is 1210 g/mol. The molecule has 0 bridgehead atoms. The minimum atomic E-state index is -3.85. The molecule has 0 rings (SSSR count). The fraction of sp³-hybridized carbons (Fsp3) is 0.966. The van der Waals surface area contributed by atoms with E-state index in [1.807, 2.05) is 0 Å². The van der Waals surface area contributed by atoms with Crippen molar-refractivity contribution in [2.24, 2.45) is 0 Å². The van der Waals surface area contributed by atoms with Gasteiger partial charge in [-0.3, -0.25) is 0 Å². The van der Waals surface area contributed by atoms with Crippen LogP contribution in [0.2, 0.25) is 0 Å². The fourth-order valence-corrected chi connectivity index (χ4v) is 14.2. The van der Waals surface area contributed by atoms with Crippen molar-refractivity contribution in [1.82, 2.24) is 18.9 Å². The molecule has 0 heterocycles. The van der Waals surface area contributed by atoms with Crippen molar-refractivity contribution in [2.45, 2.75) is 322 Å². The summed E-state index contributed by atoms with van der Waals surface area (Å²) < 4.78 is 107. The van der Waals surface area contributed by atoms with E-state index in [-0.39, 0.29) is 71.9 Å². The molecule has 2 unspecified atom stereocenters. The molecule has 79 heavy (non-hydrogen) atoms. The smallest absolute Gasteiger partial charge is 0.548 e. The third-order valence-electron chi connectivity index (χ3n) is 14.3. The number of carbonyl (C=O) groups is 2. The van der Waals surface area contributed by atoms with Crippen LogP contribution < -0.4 is 29.1 Å². The molecule has 0 radical (unpaired) electrons. The number of rotatable bonds is 60. The molecule has 0 aromatic carbocycles. The summed E-state index contributed by atoms with van der Waals surface area (Å²) in [5, 5.41) is 22.9. The van der Waals surface area contributed by atoms with E-state index in [1.165, 1.54) is 167 Å². The maximum atomic E-state index is 12.3. The van der Waals surface area contributed by atoms with Crippen molar-refractivity contribution in [3.05, 3.63) is 0 Å². The molecule has 2 atom stereocenters. The summed E-state index contributed by atoms with van der Waals surface area (Å²) in [6.07, 6.45) is 48.3. The van der Waals surface area contributed by atoms with Crippen molar-refractivity contribution in [2.75, 3.05) is 36.1 Å². The summed E-state index contributed by atoms with van der Waals surface area (Å²) in [4.78, 5) is 22.9. The molecule has 21 heteroatoms. The van der Waals surface area contributed by atoms with Gasteiger partial charge >= 0.3 is 48.9 Å². The molecule has 468 valence electrons. The summed E-state index contributed by atoms with van der Waals surface area (Å²) in [6.45, 7) is 7.72. The van der Waals surface area contributed by atoms with Crippen LogP contribution in [0, 0.1) is 0 Å². The molecule has 4 N–H and O–H groups in total. The molecule has 0 spiro atoms. The molecular formula is C58H118BaN4O12S4. The average Bonchev–Trinajstić information content (AvgIpc) is 3.38. The Morgan fingerprint density at radius 3 is 0.595 bits per heavy atom. The van der Waals surface area contributed by atoms with Gasteiger partial charge in [0.2, 0.25) is 40.1 Å². The van der Waals surface area contributed by atoms with Crippen LogP contribution in [0.3, 0.4) is 0 Å². The third-order valence-corrected chi connectivity index (χ3v) is 20.1. The van der Waals surface area contributed by atoms with Gasteiger partial charge in [0.05, 0.1) is 47.0 Å². The van der Waals surface area contributed by atoms with Gasteiger partial charge in [0.15, 0.2) is 0 Å². The van der Waals surface area contributed by atoms with Gasteiger partial charge in [0.25, 0.3) is 0 Å². The number of carboxylic acids is 2. The van der Waals surface area contributed by atoms with E-state index in [4.69, 9.17) is 0 Å². The third kappa shape index (κ3) is 61.1. The maximum Gasteiger partial charge on any atom is 2.00 e. The quantitative estimate of drug-likeness (QED) is 0.0327. The minimum Gasteiger partial charge on any atom is -0.548 e. The molecule has 0 aromatic rings. The number of sulfonamides is 4. The SMILES string of the molecule is CCCCCCCCCCCCCS(=O)(=O)NCC(NS(=O)(=O)CCCCCCCCCCCCC)C(=O)[O-].CCCCCCCCCCCCCS(=O)(=O)NCC(NS(=O)(=O)CCCCCCCCCCCCC)C(=O)[O-].[Ba+2]. The van der Waals surface area contributed by atoms with E-state index in [9.17, 15) is 53.5 Å². The van der Waals surface area contributed by atoms with Gasteiger partial charge < -0.3 is 19.8 Å². The summed E-state index contributed by atoms with van der Waals surface area (Å²) in [5.74, 6) is -3.85. The van der Waals surface area contributed by atoms with Crippen LogP contribution in [-0.2, 0) is 49.7 Å². The van der Waals surface area contributed by atoms with Gasteiger partial charge in [0, 0.05) is 13.1 Å². The standard InChI is InChI=1S/2C29H60N2O6S2.Ba/c2*1-3-5-7-9-11-13-15-17-19-21-23-25-38(34,35)30-27-28(29(32)33)31-39(36,37)26-24-22-20-18-16-14-12-10-8-6-4-2;/h2*28,30-31H,3-27H2,1-2H3,(H,32,33);/q;;+2/p-2. The Morgan fingerprint density at radius 2 is 0.430 bits per heavy atom. The van der Waals surface area contributed by atoms with Gasteiger partial charge in [-0.2, -0.15) is 0 Å². The first-order valence-electron chi connectivity index (χ1n) is 31.6. The molecule has 16 nitrogen and oxygen atoms in total. The van der Waals surface area contributed by atoms with Crippen molar-refractivity contribution in [1.29, 1.82) is 0 Å². The van der Waals surface area contributed by atoms with Crippen molar-refractivity contribution in [3.8, 4) is 0 Å². The molecule has 0 aromatic heterocycles. The van der Waals surface area contributed by atoms with E-state index >= 15 is 0 Å². The van der Waals surface area contributed by atoms with E-state index in [2.05, 4.69) is 46.6 Å². The van der Waals surface area contributed by atoms with Gasteiger partial charge in [-0.25, -0.2) is 52.6 Å². The Kier molecular flexibility index (Phi) is 60.4. The van der Waals surface area contributed by atoms with Crippen molar-refractivity contribution in [3.63, 3.8) is 0 Å². The zero-order chi connectivity index (χ0) is 58.5. The summed E-state index contributed by atoms with van der Waals surface area (Å²) in [5.41, 5.74) is 0. The number of carboxylic acid groups (broad SMARTS) is 2. The molecule has 0 aliphatic rings. The second-order valence-electron chi connectivity index (χ2n) is 22.1. The largest absolute Gasteiger partial charge is 2.00 e. The summed E-state index contributed by atoms with van der Waals surface area (Å²) >= 11 is 0. The first-order valence-corrected chi connectivity index (χ1v) is 38.2. The van der Waals surface area contributed by atoms with Gasteiger partial charge in [0.1, 0.15) is 0 Å². The van der Waals surface area contributed by atoms with Crippen molar-refractivity contribution >= 4 is 101 Å². The first-order chi connectivity index (χ1) is 37.3. The normalized spacial score (nSPS) is 12.9. The van der Waals surface area contributed by atoms with E-state index in [0.29, 0.717) is 25.7 Å². The zero-order valence-electron chi connectivity index (χ0n) is 50.7. The number of carbonyl (C=O) groups excluding carboxylic acids is 2. The van der Waals surface area contributed by atoms with E-state index < -0.39 is 77.2 Å². The Labute approximate surface area is 526 Å². The fourth-order valence-electron chi connectivity index (χ4n) is 9.29. The molecule has 0 saturated carbocycles. The predicted octanol–water partition coefficient (Wildman–Crippen LogP) is 10.8. The predicted molar refractivity (Wildman–Crippen MR) is 327 cm³/mol. The van der Waals surface area contributed by atoms with Crippen LogP contribution in [-0.4, -0.2) is 143 Å². The van der Waals surface area contributed by atoms with Crippen molar-refractivity contribution < 1.29 is 53.5 Å². The number of unbranched alkanes of at least 4 members (excludes halogenated alkanes) is 40. The maximum absolute atomic E-state index is 12.3. The van der Waals surface area contributed by atoms with Gasteiger partial charge in [-0.05, 0) is 25.7 Å². The summed E-state index contributed by atoms with van der Waals surface area (Å²) in [6, 6.07) is -3.26. The van der Waals surface area contributed by atoms with Crippen LogP contribution in [0.25, 0.3) is 0 Å². The minimum absolute atomic E-state index is 0. The Balaban J connectivity index is -0.00000144. The zero-order valence-corrected chi connectivity index (χ0v) is 58.5. The van der Waals surface area contributed by atoms with E-state index in [0.717, 1.165) is 89.9 Å². The monoisotopic (exact) mass is 1330 g/mol. The Hall–Kier alpha value is 0.151. The Morgan fingerprint density at radius 1 is 0.278 bits per heavy atom. The molecule has 0 aliphatic carbocycles. The van der Waals surface area contributed by atoms with Crippen LogP contribution in [0.4, 0.5) is 0 Å².